The summed E-state index contributed by atoms with van der Waals surface area (Å²) in [4.78, 5) is 11.5. The van der Waals surface area contributed by atoms with Gasteiger partial charge < -0.3 is 9.47 Å². The molecule has 0 N–H and O–H groups in total. The van der Waals surface area contributed by atoms with Gasteiger partial charge in [0.2, 0.25) is 0 Å². The molecule has 2 aliphatic heterocycles. The van der Waals surface area contributed by atoms with Crippen molar-refractivity contribution in [1.29, 1.82) is 0 Å². The number of hydrogen-bond donors (Lipinski definition) is 0. The summed E-state index contributed by atoms with van der Waals surface area (Å²) in [5.41, 5.74) is 3.93. The summed E-state index contributed by atoms with van der Waals surface area (Å²) in [6.45, 7) is 1.52. The Bertz CT molecular complexity index is 549. The number of ether oxygens (including phenoxy) is 2. The molecule has 3 nitrogen and oxygen atoms in total. The van der Waals surface area contributed by atoms with E-state index in [0.29, 0.717) is 24.5 Å². The van der Waals surface area contributed by atoms with E-state index in [4.69, 9.17) is 9.47 Å². The lowest BCUT2D eigenvalue weighted by Crippen LogP contribution is -2.14. The standard InChI is InChI=1S/C16H17BrO3/c17-14-12-6-8-19-15(12)13(11-5-7-20-16(11)14)9-1-3-10(18)4-2-9/h9H,1-8H2. The van der Waals surface area contributed by atoms with E-state index in [1.165, 1.54) is 16.7 Å². The molecule has 3 aliphatic rings. The Morgan fingerprint density at radius 3 is 2.30 bits per heavy atom. The number of halogens is 1. The molecule has 2 heterocycles. The number of benzene rings is 1. The zero-order chi connectivity index (χ0) is 13.7. The summed E-state index contributed by atoms with van der Waals surface area (Å²) < 4.78 is 12.9. The highest BCUT2D eigenvalue weighted by atomic mass is 79.9. The lowest BCUT2D eigenvalue weighted by Gasteiger charge is -2.25. The van der Waals surface area contributed by atoms with E-state index in [1.54, 1.807) is 0 Å². The van der Waals surface area contributed by atoms with Crippen molar-refractivity contribution in [3.63, 3.8) is 0 Å². The maximum Gasteiger partial charge on any atom is 0.137 e. The second kappa shape index (κ2) is 4.76. The highest BCUT2D eigenvalue weighted by molar-refractivity contribution is 9.10. The summed E-state index contributed by atoms with van der Waals surface area (Å²) in [6, 6.07) is 0. The van der Waals surface area contributed by atoms with E-state index in [0.717, 1.165) is 54.9 Å². The van der Waals surface area contributed by atoms with Crippen molar-refractivity contribution in [2.24, 2.45) is 0 Å². The number of rotatable bonds is 1. The summed E-state index contributed by atoms with van der Waals surface area (Å²) in [6.07, 6.45) is 5.26. The maximum absolute atomic E-state index is 11.5. The van der Waals surface area contributed by atoms with Crippen LogP contribution in [0, 0.1) is 0 Å². The number of Topliss-reactive ketones (excluding diaryl/α,β-unsaturated/α-hetero) is 1. The first kappa shape index (κ1) is 12.7. The SMILES string of the molecule is O=C1CCC(c2c3c(c(Br)c4c2OCC4)OCC3)CC1. The second-order valence-electron chi connectivity index (χ2n) is 5.85. The van der Waals surface area contributed by atoms with Gasteiger partial charge in [-0.05, 0) is 34.7 Å². The topological polar surface area (TPSA) is 35.5 Å². The van der Waals surface area contributed by atoms with E-state index in [2.05, 4.69) is 15.9 Å². The molecular formula is C16H17BrO3. The van der Waals surface area contributed by atoms with Crippen LogP contribution in [0.15, 0.2) is 4.47 Å². The maximum atomic E-state index is 11.5. The van der Waals surface area contributed by atoms with Crippen LogP contribution in [-0.4, -0.2) is 19.0 Å². The van der Waals surface area contributed by atoms with E-state index < -0.39 is 0 Å². The van der Waals surface area contributed by atoms with Gasteiger partial charge in [-0.2, -0.15) is 0 Å². The van der Waals surface area contributed by atoms with E-state index in [-0.39, 0.29) is 0 Å². The van der Waals surface area contributed by atoms with E-state index >= 15 is 0 Å². The van der Waals surface area contributed by atoms with Crippen LogP contribution in [0.2, 0.25) is 0 Å². The molecule has 0 radical (unpaired) electrons. The molecular weight excluding hydrogens is 320 g/mol. The van der Waals surface area contributed by atoms with Gasteiger partial charge in [-0.25, -0.2) is 0 Å². The fraction of sp³-hybridized carbons (Fsp3) is 0.562. The lowest BCUT2D eigenvalue weighted by molar-refractivity contribution is -0.120. The Morgan fingerprint density at radius 2 is 1.55 bits per heavy atom. The predicted molar refractivity (Wildman–Crippen MR) is 78.8 cm³/mol. The van der Waals surface area contributed by atoms with Crippen molar-refractivity contribution in [2.75, 3.05) is 13.2 Å². The molecule has 0 aromatic heterocycles. The molecule has 1 aliphatic carbocycles. The summed E-state index contributed by atoms with van der Waals surface area (Å²) in [5, 5.41) is 0. The molecule has 0 bridgehead atoms. The summed E-state index contributed by atoms with van der Waals surface area (Å²) in [5.74, 6) is 2.98. The summed E-state index contributed by atoms with van der Waals surface area (Å²) >= 11 is 3.69. The molecule has 0 atom stereocenters. The minimum absolute atomic E-state index is 0.406. The van der Waals surface area contributed by atoms with Gasteiger partial charge >= 0.3 is 0 Å². The molecule has 1 fully saturated rings. The molecule has 0 saturated heterocycles. The van der Waals surface area contributed by atoms with Crippen molar-refractivity contribution in [2.45, 2.75) is 44.4 Å². The number of ketones is 1. The van der Waals surface area contributed by atoms with Crippen molar-refractivity contribution in [3.05, 3.63) is 21.2 Å². The Kier molecular flexibility index (Phi) is 3.02. The molecule has 0 unspecified atom stereocenters. The third kappa shape index (κ3) is 1.80. The average Bonchev–Trinajstić information content (AvgIpc) is 3.10. The largest absolute Gasteiger partial charge is 0.493 e. The van der Waals surface area contributed by atoms with Crippen molar-refractivity contribution < 1.29 is 14.3 Å². The van der Waals surface area contributed by atoms with E-state index in [1.807, 2.05) is 0 Å². The first-order valence-corrected chi connectivity index (χ1v) is 8.19. The molecule has 1 saturated carbocycles. The van der Waals surface area contributed by atoms with Crippen LogP contribution in [0.25, 0.3) is 0 Å². The monoisotopic (exact) mass is 336 g/mol. The van der Waals surface area contributed by atoms with Crippen molar-refractivity contribution in [1.82, 2.24) is 0 Å². The molecule has 1 aromatic rings. The zero-order valence-electron chi connectivity index (χ0n) is 11.3. The highest BCUT2D eigenvalue weighted by Gasteiger charge is 2.34. The van der Waals surface area contributed by atoms with Crippen LogP contribution in [0.1, 0.15) is 48.3 Å². The minimum atomic E-state index is 0.406. The fourth-order valence-electron chi connectivity index (χ4n) is 3.75. The van der Waals surface area contributed by atoms with Crippen LogP contribution in [-0.2, 0) is 17.6 Å². The second-order valence-corrected chi connectivity index (χ2v) is 6.65. The highest BCUT2D eigenvalue weighted by Crippen LogP contribution is 2.51. The summed E-state index contributed by atoms with van der Waals surface area (Å²) in [7, 11) is 0. The van der Waals surface area contributed by atoms with Crippen LogP contribution in [0.5, 0.6) is 11.5 Å². The number of hydrogen-bond acceptors (Lipinski definition) is 3. The van der Waals surface area contributed by atoms with Gasteiger partial charge in [0.15, 0.2) is 0 Å². The third-order valence-corrected chi connectivity index (χ3v) is 5.57. The van der Waals surface area contributed by atoms with Gasteiger partial charge in [-0.15, -0.1) is 0 Å². The molecule has 20 heavy (non-hydrogen) atoms. The molecule has 0 spiro atoms. The van der Waals surface area contributed by atoms with Gasteiger partial charge in [0, 0.05) is 42.4 Å². The first-order chi connectivity index (χ1) is 9.75. The quantitative estimate of drug-likeness (QED) is 0.786. The number of carbonyl (C=O) groups excluding carboxylic acids is 1. The molecule has 4 heteroatoms. The van der Waals surface area contributed by atoms with Gasteiger partial charge in [0.05, 0.1) is 17.7 Å². The Morgan fingerprint density at radius 1 is 0.900 bits per heavy atom. The molecule has 106 valence electrons. The first-order valence-electron chi connectivity index (χ1n) is 7.40. The minimum Gasteiger partial charge on any atom is -0.493 e. The molecule has 1 aromatic carbocycles. The average molecular weight is 337 g/mol. The lowest BCUT2D eigenvalue weighted by atomic mass is 9.80. The van der Waals surface area contributed by atoms with E-state index in [9.17, 15) is 4.79 Å². The number of fused-ring (bicyclic) bond motifs is 2. The third-order valence-electron chi connectivity index (χ3n) is 4.73. The Hall–Kier alpha value is -1.03. The van der Waals surface area contributed by atoms with Gasteiger partial charge in [0.25, 0.3) is 0 Å². The predicted octanol–water partition coefficient (Wildman–Crippen LogP) is 3.55. The van der Waals surface area contributed by atoms with Crippen LogP contribution in [0.3, 0.4) is 0 Å². The van der Waals surface area contributed by atoms with Crippen LogP contribution >= 0.6 is 15.9 Å². The van der Waals surface area contributed by atoms with Crippen molar-refractivity contribution in [3.8, 4) is 11.5 Å². The van der Waals surface area contributed by atoms with Gasteiger partial charge in [-0.3, -0.25) is 4.79 Å². The van der Waals surface area contributed by atoms with Crippen LogP contribution < -0.4 is 9.47 Å². The van der Waals surface area contributed by atoms with Crippen LogP contribution in [0.4, 0.5) is 0 Å². The zero-order valence-corrected chi connectivity index (χ0v) is 12.9. The Balaban J connectivity index is 1.84. The normalized spacial score (nSPS) is 21.4. The Labute approximate surface area is 126 Å². The molecule has 0 amide bonds. The fourth-order valence-corrected chi connectivity index (χ4v) is 4.48. The van der Waals surface area contributed by atoms with Crippen molar-refractivity contribution >= 4 is 21.7 Å². The molecule has 4 rings (SSSR count). The smallest absolute Gasteiger partial charge is 0.137 e. The number of carbonyl (C=O) groups is 1. The van der Waals surface area contributed by atoms with Gasteiger partial charge in [-0.1, -0.05) is 0 Å². The van der Waals surface area contributed by atoms with Gasteiger partial charge in [0.1, 0.15) is 17.3 Å².